The lowest BCUT2D eigenvalue weighted by molar-refractivity contribution is 0.412. The fourth-order valence-electron chi connectivity index (χ4n) is 3.59. The lowest BCUT2D eigenvalue weighted by atomic mass is 9.96. The van der Waals surface area contributed by atoms with E-state index in [0.717, 1.165) is 43.2 Å². The standard InChI is InChI=1S/C21H28N2O4S2/c1-17-6-5-7-18(16-17)14-15-22-28(24,25)20-10-12-21(13-11-20)29(26,27)23-19-8-3-2-4-9-19/h5-7,10-13,16,19,22-23H,2-4,8-9,14-15H2,1H3. The maximum absolute atomic E-state index is 12.5. The maximum atomic E-state index is 12.5. The molecule has 2 aromatic rings. The normalized spacial score (nSPS) is 16.0. The van der Waals surface area contributed by atoms with E-state index in [0.29, 0.717) is 6.42 Å². The van der Waals surface area contributed by atoms with Crippen LogP contribution < -0.4 is 9.44 Å². The zero-order chi connectivity index (χ0) is 20.9. The second-order valence-corrected chi connectivity index (χ2v) is 11.0. The van der Waals surface area contributed by atoms with Crippen LogP contribution in [0, 0.1) is 6.92 Å². The summed E-state index contributed by atoms with van der Waals surface area (Å²) in [5.41, 5.74) is 2.19. The third-order valence-electron chi connectivity index (χ3n) is 5.16. The molecule has 1 saturated carbocycles. The monoisotopic (exact) mass is 436 g/mol. The van der Waals surface area contributed by atoms with E-state index in [-0.39, 0.29) is 22.4 Å². The van der Waals surface area contributed by atoms with E-state index in [2.05, 4.69) is 9.44 Å². The summed E-state index contributed by atoms with van der Waals surface area (Å²) < 4.78 is 55.4. The number of rotatable bonds is 8. The van der Waals surface area contributed by atoms with E-state index in [1.54, 1.807) is 0 Å². The van der Waals surface area contributed by atoms with Crippen molar-refractivity contribution >= 4 is 20.0 Å². The fraction of sp³-hybridized carbons (Fsp3) is 0.429. The first-order valence-corrected chi connectivity index (χ1v) is 12.9. The van der Waals surface area contributed by atoms with Gasteiger partial charge in [-0.05, 0) is 56.0 Å². The van der Waals surface area contributed by atoms with Gasteiger partial charge in [0.05, 0.1) is 9.79 Å². The van der Waals surface area contributed by atoms with Gasteiger partial charge in [0.15, 0.2) is 0 Å². The third kappa shape index (κ3) is 6.12. The molecule has 1 aliphatic rings. The van der Waals surface area contributed by atoms with Gasteiger partial charge < -0.3 is 0 Å². The van der Waals surface area contributed by atoms with Crippen LogP contribution in [0.15, 0.2) is 58.3 Å². The van der Waals surface area contributed by atoms with E-state index in [1.807, 2.05) is 31.2 Å². The zero-order valence-electron chi connectivity index (χ0n) is 16.6. The van der Waals surface area contributed by atoms with Crippen molar-refractivity contribution in [3.8, 4) is 0 Å². The van der Waals surface area contributed by atoms with Gasteiger partial charge in [-0.25, -0.2) is 26.3 Å². The quantitative estimate of drug-likeness (QED) is 0.665. The Bertz CT molecular complexity index is 1030. The van der Waals surface area contributed by atoms with Crippen LogP contribution in [0.3, 0.4) is 0 Å². The molecule has 6 nitrogen and oxygen atoms in total. The van der Waals surface area contributed by atoms with Crippen molar-refractivity contribution in [2.24, 2.45) is 0 Å². The highest BCUT2D eigenvalue weighted by molar-refractivity contribution is 7.90. The highest BCUT2D eigenvalue weighted by atomic mass is 32.2. The molecule has 0 aliphatic heterocycles. The first-order valence-electron chi connectivity index (χ1n) is 9.94. The molecule has 158 valence electrons. The molecule has 0 radical (unpaired) electrons. The number of nitrogens with one attached hydrogen (secondary N) is 2. The van der Waals surface area contributed by atoms with Gasteiger partial charge in [0, 0.05) is 12.6 Å². The highest BCUT2D eigenvalue weighted by Crippen LogP contribution is 2.21. The summed E-state index contributed by atoms with van der Waals surface area (Å²) >= 11 is 0. The number of hydrogen-bond donors (Lipinski definition) is 2. The van der Waals surface area contributed by atoms with Crippen molar-refractivity contribution in [1.29, 1.82) is 0 Å². The first-order chi connectivity index (χ1) is 13.8. The van der Waals surface area contributed by atoms with Crippen LogP contribution in [0.4, 0.5) is 0 Å². The molecule has 0 amide bonds. The van der Waals surface area contributed by atoms with Crippen LogP contribution in [0.1, 0.15) is 43.2 Å². The Morgan fingerprint density at radius 2 is 1.48 bits per heavy atom. The predicted octanol–water partition coefficient (Wildman–Crippen LogP) is 3.13. The molecule has 0 heterocycles. The van der Waals surface area contributed by atoms with E-state index in [1.165, 1.54) is 24.3 Å². The Morgan fingerprint density at radius 1 is 0.862 bits per heavy atom. The molecular weight excluding hydrogens is 408 g/mol. The minimum Gasteiger partial charge on any atom is -0.211 e. The Labute approximate surface area is 173 Å². The molecular formula is C21H28N2O4S2. The molecule has 2 N–H and O–H groups in total. The number of aryl methyl sites for hydroxylation is 1. The Morgan fingerprint density at radius 3 is 2.10 bits per heavy atom. The fourth-order valence-corrected chi connectivity index (χ4v) is 5.92. The third-order valence-corrected chi connectivity index (χ3v) is 8.17. The Hall–Kier alpha value is -1.74. The van der Waals surface area contributed by atoms with Crippen molar-refractivity contribution in [1.82, 2.24) is 9.44 Å². The topological polar surface area (TPSA) is 92.3 Å². The first kappa shape index (κ1) is 22.0. The predicted molar refractivity (Wildman–Crippen MR) is 114 cm³/mol. The molecule has 0 unspecified atom stereocenters. The summed E-state index contributed by atoms with van der Waals surface area (Å²) in [5.74, 6) is 0. The molecule has 0 spiro atoms. The van der Waals surface area contributed by atoms with Gasteiger partial charge in [-0.2, -0.15) is 0 Å². The molecule has 0 aromatic heterocycles. The van der Waals surface area contributed by atoms with Crippen LogP contribution in [0.2, 0.25) is 0 Å². The molecule has 0 atom stereocenters. The van der Waals surface area contributed by atoms with Gasteiger partial charge in [0.25, 0.3) is 0 Å². The van der Waals surface area contributed by atoms with Crippen LogP contribution in [-0.2, 0) is 26.5 Å². The van der Waals surface area contributed by atoms with Gasteiger partial charge in [0.2, 0.25) is 20.0 Å². The van der Waals surface area contributed by atoms with E-state index >= 15 is 0 Å². The van der Waals surface area contributed by atoms with Gasteiger partial charge in [-0.15, -0.1) is 0 Å². The van der Waals surface area contributed by atoms with Gasteiger partial charge >= 0.3 is 0 Å². The number of benzene rings is 2. The van der Waals surface area contributed by atoms with Gasteiger partial charge in [0.1, 0.15) is 0 Å². The van der Waals surface area contributed by atoms with Crippen LogP contribution in [-0.4, -0.2) is 29.4 Å². The molecule has 3 rings (SSSR count). The molecule has 1 fully saturated rings. The number of hydrogen-bond acceptors (Lipinski definition) is 4. The second-order valence-electron chi connectivity index (χ2n) is 7.56. The largest absolute Gasteiger partial charge is 0.240 e. The summed E-state index contributed by atoms with van der Waals surface area (Å²) in [7, 11) is -7.34. The van der Waals surface area contributed by atoms with Crippen molar-refractivity contribution in [2.75, 3.05) is 6.54 Å². The second kappa shape index (κ2) is 9.38. The van der Waals surface area contributed by atoms with Crippen LogP contribution in [0.25, 0.3) is 0 Å². The lowest BCUT2D eigenvalue weighted by Gasteiger charge is -2.22. The van der Waals surface area contributed by atoms with E-state index in [4.69, 9.17) is 0 Å². The molecule has 8 heteroatoms. The van der Waals surface area contributed by atoms with Gasteiger partial charge in [-0.3, -0.25) is 0 Å². The number of sulfonamides is 2. The Balaban J connectivity index is 1.61. The summed E-state index contributed by atoms with van der Waals surface area (Å²) in [4.78, 5) is 0.139. The van der Waals surface area contributed by atoms with Crippen molar-refractivity contribution < 1.29 is 16.8 Å². The Kier molecular flexibility index (Phi) is 7.10. The lowest BCUT2D eigenvalue weighted by Crippen LogP contribution is -2.36. The maximum Gasteiger partial charge on any atom is 0.240 e. The van der Waals surface area contributed by atoms with Crippen molar-refractivity contribution in [3.05, 3.63) is 59.7 Å². The summed E-state index contributed by atoms with van der Waals surface area (Å²) in [6.07, 6.45) is 5.46. The minimum atomic E-state index is -3.70. The highest BCUT2D eigenvalue weighted by Gasteiger charge is 2.22. The zero-order valence-corrected chi connectivity index (χ0v) is 18.2. The van der Waals surface area contributed by atoms with E-state index < -0.39 is 20.0 Å². The van der Waals surface area contributed by atoms with Gasteiger partial charge in [-0.1, -0.05) is 49.1 Å². The summed E-state index contributed by atoms with van der Waals surface area (Å²) in [6, 6.07) is 13.2. The summed E-state index contributed by atoms with van der Waals surface area (Å²) in [6.45, 7) is 2.27. The van der Waals surface area contributed by atoms with Crippen LogP contribution in [0.5, 0.6) is 0 Å². The van der Waals surface area contributed by atoms with Crippen molar-refractivity contribution in [2.45, 2.75) is 61.3 Å². The SMILES string of the molecule is Cc1cccc(CCNS(=O)(=O)c2ccc(S(=O)(=O)NC3CCCCC3)cc2)c1. The molecule has 0 bridgehead atoms. The van der Waals surface area contributed by atoms with E-state index in [9.17, 15) is 16.8 Å². The molecule has 29 heavy (non-hydrogen) atoms. The van der Waals surface area contributed by atoms with Crippen LogP contribution >= 0.6 is 0 Å². The minimum absolute atomic E-state index is 0.0413. The molecule has 0 saturated heterocycles. The molecule has 2 aromatic carbocycles. The smallest absolute Gasteiger partial charge is 0.211 e. The van der Waals surface area contributed by atoms with Crippen molar-refractivity contribution in [3.63, 3.8) is 0 Å². The molecule has 1 aliphatic carbocycles. The summed E-state index contributed by atoms with van der Waals surface area (Å²) in [5, 5.41) is 0. The average molecular weight is 437 g/mol. The average Bonchev–Trinajstić information content (AvgIpc) is 2.68.